The van der Waals surface area contributed by atoms with Gasteiger partial charge in [-0.2, -0.15) is 5.10 Å². The van der Waals surface area contributed by atoms with Crippen molar-refractivity contribution in [3.63, 3.8) is 0 Å². The van der Waals surface area contributed by atoms with Crippen LogP contribution in [0.5, 0.6) is 11.5 Å². The van der Waals surface area contributed by atoms with Crippen LogP contribution in [-0.2, 0) is 4.79 Å². The Morgan fingerprint density at radius 3 is 2.63 bits per heavy atom. The van der Waals surface area contributed by atoms with Crippen LogP contribution in [0.2, 0.25) is 0 Å². The van der Waals surface area contributed by atoms with Crippen LogP contribution in [0.1, 0.15) is 12.5 Å². The highest BCUT2D eigenvalue weighted by Gasteiger charge is 2.11. The molecular formula is C25H21FN4O5. The maximum Gasteiger partial charge on any atom is 0.349 e. The molecule has 0 saturated carbocycles. The van der Waals surface area contributed by atoms with E-state index in [1.54, 1.807) is 55.5 Å². The number of halogens is 1. The van der Waals surface area contributed by atoms with Gasteiger partial charge in [-0.15, -0.1) is 4.68 Å². The van der Waals surface area contributed by atoms with Gasteiger partial charge in [-0.05, 0) is 55.0 Å². The van der Waals surface area contributed by atoms with Gasteiger partial charge in [-0.25, -0.2) is 9.18 Å². The minimum absolute atomic E-state index is 0.0524. The number of ether oxygens (including phenoxy) is 2. The van der Waals surface area contributed by atoms with Gasteiger partial charge in [-0.3, -0.25) is 9.59 Å². The van der Waals surface area contributed by atoms with Crippen molar-refractivity contribution in [3.05, 3.63) is 98.9 Å². The first-order valence-electron chi connectivity index (χ1n) is 10.7. The molecule has 10 heteroatoms. The third kappa shape index (κ3) is 5.44. The van der Waals surface area contributed by atoms with Crippen LogP contribution in [0.15, 0.2) is 81.4 Å². The molecule has 0 aliphatic heterocycles. The fourth-order valence-corrected chi connectivity index (χ4v) is 3.27. The lowest BCUT2D eigenvalue weighted by molar-refractivity contribution is -0.118. The first-order valence-corrected chi connectivity index (χ1v) is 10.7. The van der Waals surface area contributed by atoms with Crippen LogP contribution in [-0.4, -0.2) is 35.0 Å². The number of para-hydroxylation sites is 2. The molecule has 0 aliphatic rings. The van der Waals surface area contributed by atoms with Gasteiger partial charge in [-0.1, -0.05) is 24.3 Å². The quantitative estimate of drug-likeness (QED) is 0.379. The molecule has 35 heavy (non-hydrogen) atoms. The zero-order chi connectivity index (χ0) is 24.8. The summed E-state index contributed by atoms with van der Waals surface area (Å²) >= 11 is 0. The predicted molar refractivity (Wildman–Crippen MR) is 130 cm³/mol. The van der Waals surface area contributed by atoms with E-state index in [1.807, 2.05) is 0 Å². The van der Waals surface area contributed by atoms with Gasteiger partial charge in [0.05, 0.1) is 29.4 Å². The molecule has 0 radical (unpaired) electrons. The van der Waals surface area contributed by atoms with E-state index in [1.165, 1.54) is 24.4 Å². The monoisotopic (exact) mass is 476 g/mol. The molecule has 4 aromatic rings. The number of nitrogens with zero attached hydrogens (tertiary/aromatic N) is 2. The number of nitrogens with one attached hydrogen (secondary N) is 2. The van der Waals surface area contributed by atoms with Crippen molar-refractivity contribution < 1.29 is 18.7 Å². The van der Waals surface area contributed by atoms with E-state index in [-0.39, 0.29) is 18.0 Å². The summed E-state index contributed by atoms with van der Waals surface area (Å²) in [5.74, 6) is -0.481. The van der Waals surface area contributed by atoms with Gasteiger partial charge >= 0.3 is 5.69 Å². The van der Waals surface area contributed by atoms with E-state index in [0.717, 1.165) is 4.68 Å². The second-order valence-corrected chi connectivity index (χ2v) is 7.29. The molecule has 0 saturated heterocycles. The average Bonchev–Trinajstić information content (AvgIpc) is 2.85. The molecule has 9 nitrogen and oxygen atoms in total. The minimum atomic E-state index is -0.671. The molecule has 0 spiro atoms. The number of anilines is 1. The van der Waals surface area contributed by atoms with Crippen molar-refractivity contribution in [3.8, 4) is 11.5 Å². The van der Waals surface area contributed by atoms with Crippen molar-refractivity contribution in [2.75, 3.05) is 18.5 Å². The molecule has 2 N–H and O–H groups in total. The van der Waals surface area contributed by atoms with E-state index >= 15 is 0 Å². The Morgan fingerprint density at radius 2 is 1.83 bits per heavy atom. The molecule has 0 aliphatic carbocycles. The third-order valence-corrected chi connectivity index (χ3v) is 4.88. The van der Waals surface area contributed by atoms with Gasteiger partial charge in [0.2, 0.25) is 0 Å². The summed E-state index contributed by atoms with van der Waals surface area (Å²) in [7, 11) is 0. The number of aromatic amines is 1. The van der Waals surface area contributed by atoms with Gasteiger partial charge < -0.3 is 19.8 Å². The fourth-order valence-electron chi connectivity index (χ4n) is 3.27. The molecule has 0 bridgehead atoms. The van der Waals surface area contributed by atoms with Crippen molar-refractivity contribution in [1.82, 2.24) is 9.66 Å². The van der Waals surface area contributed by atoms with Crippen LogP contribution < -0.4 is 26.0 Å². The summed E-state index contributed by atoms with van der Waals surface area (Å²) < 4.78 is 25.6. The van der Waals surface area contributed by atoms with Gasteiger partial charge in [0.15, 0.2) is 18.1 Å². The Bertz CT molecular complexity index is 1530. The summed E-state index contributed by atoms with van der Waals surface area (Å²) in [6.45, 7) is 1.73. The van der Waals surface area contributed by atoms with Crippen LogP contribution in [0.25, 0.3) is 10.9 Å². The Hall–Kier alpha value is -4.73. The summed E-state index contributed by atoms with van der Waals surface area (Å²) in [6, 6.07) is 17.2. The third-order valence-electron chi connectivity index (χ3n) is 4.88. The summed E-state index contributed by atoms with van der Waals surface area (Å²) in [5.41, 5.74) is -0.219. The average molecular weight is 476 g/mol. The lowest BCUT2D eigenvalue weighted by Gasteiger charge is -2.13. The van der Waals surface area contributed by atoms with Crippen LogP contribution in [0.3, 0.4) is 0 Å². The zero-order valence-corrected chi connectivity index (χ0v) is 18.7. The number of carbonyl (C=O) groups excluding carboxylic acids is 1. The van der Waals surface area contributed by atoms with E-state index in [4.69, 9.17) is 9.47 Å². The SMILES string of the molecule is CCOc1cc(C=Nn2c(=O)[nH]c3ccccc3c2=O)ccc1OCC(=O)Nc1ccccc1F. The molecule has 178 valence electrons. The van der Waals surface area contributed by atoms with E-state index in [2.05, 4.69) is 15.4 Å². The van der Waals surface area contributed by atoms with Crippen LogP contribution in [0, 0.1) is 5.82 Å². The van der Waals surface area contributed by atoms with Crippen molar-refractivity contribution in [2.24, 2.45) is 5.10 Å². The Kier molecular flexibility index (Phi) is 7.01. The number of H-pyrrole nitrogens is 1. The fraction of sp³-hybridized carbons (Fsp3) is 0.120. The first-order chi connectivity index (χ1) is 17.0. The van der Waals surface area contributed by atoms with Crippen LogP contribution >= 0.6 is 0 Å². The van der Waals surface area contributed by atoms with Gasteiger partial charge in [0.1, 0.15) is 5.82 Å². The molecule has 0 atom stereocenters. The molecule has 1 amide bonds. The number of aromatic nitrogens is 2. The molecule has 1 heterocycles. The molecule has 3 aromatic carbocycles. The van der Waals surface area contributed by atoms with E-state index in [0.29, 0.717) is 28.8 Å². The molecule has 0 unspecified atom stereocenters. The molecular weight excluding hydrogens is 455 g/mol. The maximum atomic E-state index is 13.7. The summed E-state index contributed by atoms with van der Waals surface area (Å²) in [5, 5.41) is 6.79. The van der Waals surface area contributed by atoms with Crippen LogP contribution in [0.4, 0.5) is 10.1 Å². The largest absolute Gasteiger partial charge is 0.490 e. The molecule has 1 aromatic heterocycles. The summed E-state index contributed by atoms with van der Waals surface area (Å²) in [6.07, 6.45) is 1.34. The second-order valence-electron chi connectivity index (χ2n) is 7.29. The summed E-state index contributed by atoms with van der Waals surface area (Å²) in [4.78, 5) is 39.7. The number of hydrogen-bond donors (Lipinski definition) is 2. The minimum Gasteiger partial charge on any atom is -0.490 e. The smallest absolute Gasteiger partial charge is 0.349 e. The zero-order valence-electron chi connectivity index (χ0n) is 18.7. The standard InChI is InChI=1S/C25H21FN4O5/c1-2-34-22-13-16(14-27-30-24(32)17-7-3-5-9-19(17)29-25(30)33)11-12-21(22)35-15-23(31)28-20-10-6-4-8-18(20)26/h3-14H,2,15H2,1H3,(H,28,31)(H,29,33). The van der Waals surface area contributed by atoms with E-state index < -0.39 is 23.0 Å². The van der Waals surface area contributed by atoms with Crippen molar-refractivity contribution in [1.29, 1.82) is 0 Å². The first kappa shape index (κ1) is 23.4. The van der Waals surface area contributed by atoms with Crippen molar-refractivity contribution >= 4 is 28.7 Å². The number of benzene rings is 3. The number of fused-ring (bicyclic) bond motifs is 1. The van der Waals surface area contributed by atoms with Gasteiger partial charge in [0.25, 0.3) is 11.5 Å². The predicted octanol–water partition coefficient (Wildman–Crippen LogP) is 3.13. The Morgan fingerprint density at radius 1 is 1.06 bits per heavy atom. The molecule has 0 fully saturated rings. The number of carbonyl (C=O) groups is 1. The normalized spacial score (nSPS) is 11.0. The van der Waals surface area contributed by atoms with Gasteiger partial charge in [0, 0.05) is 0 Å². The second kappa shape index (κ2) is 10.5. The Balaban J connectivity index is 1.52. The lowest BCUT2D eigenvalue weighted by atomic mass is 10.2. The number of hydrogen-bond acceptors (Lipinski definition) is 6. The Labute approximate surface area is 198 Å². The number of amides is 1. The highest BCUT2D eigenvalue weighted by atomic mass is 19.1. The number of rotatable bonds is 8. The maximum absolute atomic E-state index is 13.7. The highest BCUT2D eigenvalue weighted by molar-refractivity contribution is 5.92. The van der Waals surface area contributed by atoms with Crippen molar-refractivity contribution in [2.45, 2.75) is 6.92 Å². The van der Waals surface area contributed by atoms with E-state index in [9.17, 15) is 18.8 Å². The topological polar surface area (TPSA) is 115 Å². The molecule has 4 rings (SSSR count). The highest BCUT2D eigenvalue weighted by Crippen LogP contribution is 2.28. The lowest BCUT2D eigenvalue weighted by Crippen LogP contribution is -2.32.